The summed E-state index contributed by atoms with van der Waals surface area (Å²) in [7, 11) is 0. The van der Waals surface area contributed by atoms with Crippen LogP contribution < -0.4 is 4.90 Å². The van der Waals surface area contributed by atoms with Crippen LogP contribution >= 0.6 is 0 Å². The molecule has 0 N–H and O–H groups in total. The van der Waals surface area contributed by atoms with Crippen molar-refractivity contribution in [3.8, 4) is 44.5 Å². The van der Waals surface area contributed by atoms with Crippen LogP contribution in [0.25, 0.3) is 66.1 Å². The van der Waals surface area contributed by atoms with E-state index in [9.17, 15) is 0 Å². The van der Waals surface area contributed by atoms with Gasteiger partial charge in [0.15, 0.2) is 0 Å². The van der Waals surface area contributed by atoms with Crippen LogP contribution in [0.4, 0.5) is 17.1 Å². The maximum Gasteiger partial charge on any atom is 0.0490 e. The van der Waals surface area contributed by atoms with Crippen molar-refractivity contribution in [3.63, 3.8) is 0 Å². The molecule has 1 aliphatic rings. The van der Waals surface area contributed by atoms with E-state index in [1.54, 1.807) is 0 Å². The highest BCUT2D eigenvalue weighted by molar-refractivity contribution is 6.13. The van der Waals surface area contributed by atoms with E-state index in [1.807, 2.05) is 0 Å². The molecule has 0 bridgehead atoms. The van der Waals surface area contributed by atoms with Gasteiger partial charge in [-0.05, 0) is 185 Å². The second kappa shape index (κ2) is 14.1. The minimum Gasteiger partial charge on any atom is -0.310 e. The van der Waals surface area contributed by atoms with Gasteiger partial charge in [0.1, 0.15) is 0 Å². The van der Waals surface area contributed by atoms with Gasteiger partial charge in [-0.2, -0.15) is 0 Å². The van der Waals surface area contributed by atoms with E-state index in [0.717, 1.165) is 6.42 Å². The normalized spacial score (nSPS) is 12.6. The molecule has 1 aliphatic carbocycles. The molecule has 0 saturated carbocycles. The lowest BCUT2D eigenvalue weighted by Crippen LogP contribution is -2.13. The quantitative estimate of drug-likeness (QED) is 0.163. The number of aryl methyl sites for hydroxylation is 1. The molecular formula is C58H57N. The standard InChI is InChI=1S/C58H57N/c1-37-14-11-12-17-55(37)59(47-16-13-15-38(28-47)36-56(2,3)4)48-27-22-41-30-51-52(33-42(41)29-48)54-35-44-32-50(40-20-25-46(26-21-40)58(8,9)10)49(31-43(44)34-53(51)54)39-18-23-45(24-19-39)57(5,6)7/h11-35H,36H2,1-10H3. The van der Waals surface area contributed by atoms with Gasteiger partial charge in [0.25, 0.3) is 0 Å². The van der Waals surface area contributed by atoms with Crippen molar-refractivity contribution in [1.29, 1.82) is 0 Å². The summed E-state index contributed by atoms with van der Waals surface area (Å²) >= 11 is 0. The van der Waals surface area contributed by atoms with Crippen LogP contribution in [-0.4, -0.2) is 0 Å². The van der Waals surface area contributed by atoms with Crippen LogP contribution in [0.1, 0.15) is 84.6 Å². The molecule has 0 radical (unpaired) electrons. The van der Waals surface area contributed by atoms with Crippen molar-refractivity contribution in [1.82, 2.24) is 0 Å². The van der Waals surface area contributed by atoms with E-state index in [2.05, 4.69) is 226 Å². The Labute approximate surface area is 352 Å². The van der Waals surface area contributed by atoms with Gasteiger partial charge in [-0.15, -0.1) is 0 Å². The van der Waals surface area contributed by atoms with Gasteiger partial charge in [-0.3, -0.25) is 0 Å². The largest absolute Gasteiger partial charge is 0.310 e. The summed E-state index contributed by atoms with van der Waals surface area (Å²) in [5.74, 6) is 0. The Bertz CT molecular complexity index is 2890. The topological polar surface area (TPSA) is 3.24 Å². The summed E-state index contributed by atoms with van der Waals surface area (Å²) in [6, 6.07) is 57.9. The fourth-order valence-corrected chi connectivity index (χ4v) is 9.04. The zero-order valence-corrected chi connectivity index (χ0v) is 36.6. The zero-order valence-electron chi connectivity index (χ0n) is 36.6. The fraction of sp³-hybridized carbons (Fsp3) is 0.241. The number of hydrogen-bond donors (Lipinski definition) is 0. The van der Waals surface area contributed by atoms with Gasteiger partial charge in [0, 0.05) is 17.1 Å². The van der Waals surface area contributed by atoms with Crippen LogP contribution in [0.2, 0.25) is 0 Å². The predicted octanol–water partition coefficient (Wildman–Crippen LogP) is 16.9. The lowest BCUT2D eigenvalue weighted by molar-refractivity contribution is 0.411. The average Bonchev–Trinajstić information content (AvgIpc) is 3.19. The third-order valence-electron chi connectivity index (χ3n) is 12.3. The van der Waals surface area contributed by atoms with E-state index in [0.29, 0.717) is 0 Å². The number of rotatable bonds is 6. The van der Waals surface area contributed by atoms with Gasteiger partial charge < -0.3 is 4.90 Å². The van der Waals surface area contributed by atoms with Crippen molar-refractivity contribution in [3.05, 3.63) is 174 Å². The summed E-state index contributed by atoms with van der Waals surface area (Å²) in [5, 5.41) is 5.06. The monoisotopic (exact) mass is 767 g/mol. The average molecular weight is 768 g/mol. The lowest BCUT2D eigenvalue weighted by atomic mass is 9.77. The molecule has 8 aromatic carbocycles. The van der Waals surface area contributed by atoms with Crippen LogP contribution in [-0.2, 0) is 17.3 Å². The van der Waals surface area contributed by atoms with Crippen LogP contribution in [0.15, 0.2) is 152 Å². The highest BCUT2D eigenvalue weighted by atomic mass is 15.1. The maximum absolute atomic E-state index is 2.44. The Hall–Kier alpha value is -5.92. The Morgan fingerprint density at radius 1 is 0.390 bits per heavy atom. The number of fused-ring (bicyclic) bond motifs is 6. The molecule has 294 valence electrons. The molecule has 0 spiro atoms. The molecular weight excluding hydrogens is 711 g/mol. The van der Waals surface area contributed by atoms with Gasteiger partial charge in [0.05, 0.1) is 0 Å². The molecule has 8 aromatic rings. The molecule has 9 rings (SSSR count). The van der Waals surface area contributed by atoms with E-state index >= 15 is 0 Å². The Morgan fingerprint density at radius 3 is 1.34 bits per heavy atom. The minimum absolute atomic E-state index is 0.101. The van der Waals surface area contributed by atoms with E-state index in [4.69, 9.17) is 0 Å². The Kier molecular flexibility index (Phi) is 9.24. The first kappa shape index (κ1) is 38.6. The Morgan fingerprint density at radius 2 is 0.847 bits per heavy atom. The highest BCUT2D eigenvalue weighted by Crippen LogP contribution is 2.52. The highest BCUT2D eigenvalue weighted by Gasteiger charge is 2.26. The number of anilines is 3. The van der Waals surface area contributed by atoms with E-state index in [-0.39, 0.29) is 16.2 Å². The molecule has 0 atom stereocenters. The molecule has 0 unspecified atom stereocenters. The third kappa shape index (κ3) is 7.38. The van der Waals surface area contributed by atoms with Crippen molar-refractivity contribution in [2.75, 3.05) is 4.90 Å². The maximum atomic E-state index is 2.44. The van der Waals surface area contributed by atoms with Crippen molar-refractivity contribution < 1.29 is 0 Å². The molecule has 0 fully saturated rings. The third-order valence-corrected chi connectivity index (χ3v) is 12.3. The summed E-state index contributed by atoms with van der Waals surface area (Å²) in [4.78, 5) is 2.44. The van der Waals surface area contributed by atoms with Crippen molar-refractivity contribution in [2.24, 2.45) is 5.41 Å². The van der Waals surface area contributed by atoms with Crippen LogP contribution in [0.5, 0.6) is 0 Å². The molecule has 0 amide bonds. The van der Waals surface area contributed by atoms with Gasteiger partial charge in [0.2, 0.25) is 0 Å². The van der Waals surface area contributed by atoms with E-state index < -0.39 is 0 Å². The summed E-state index contributed by atoms with van der Waals surface area (Å²) in [6.45, 7) is 22.9. The Balaban J connectivity index is 1.15. The fourth-order valence-electron chi connectivity index (χ4n) is 9.04. The minimum atomic E-state index is 0.101. The number of nitrogens with zero attached hydrogens (tertiary/aromatic N) is 1. The molecule has 1 nitrogen and oxygen atoms in total. The molecule has 0 aliphatic heterocycles. The van der Waals surface area contributed by atoms with Gasteiger partial charge >= 0.3 is 0 Å². The molecule has 59 heavy (non-hydrogen) atoms. The van der Waals surface area contributed by atoms with Crippen molar-refractivity contribution >= 4 is 38.6 Å². The zero-order chi connectivity index (χ0) is 41.4. The predicted molar refractivity (Wildman–Crippen MR) is 257 cm³/mol. The van der Waals surface area contributed by atoms with E-state index in [1.165, 1.54) is 105 Å². The first-order chi connectivity index (χ1) is 28.0. The first-order valence-corrected chi connectivity index (χ1v) is 21.4. The smallest absolute Gasteiger partial charge is 0.0490 e. The number of benzene rings is 8. The molecule has 0 aromatic heterocycles. The second-order valence-electron chi connectivity index (χ2n) is 20.3. The van der Waals surface area contributed by atoms with Crippen LogP contribution in [0, 0.1) is 12.3 Å². The van der Waals surface area contributed by atoms with Crippen LogP contribution in [0.3, 0.4) is 0 Å². The SMILES string of the molecule is Cc1ccccc1N(c1cccc(CC(C)(C)C)c1)c1ccc2cc3c(cc2c1)-c1cc2cc(-c4ccc(C(C)(C)C)cc4)c(-c4ccc(C(C)(C)C)cc4)cc2cc1-3. The summed E-state index contributed by atoms with van der Waals surface area (Å²) in [5.41, 5.74) is 19.7. The number of hydrogen-bond acceptors (Lipinski definition) is 1. The molecule has 0 saturated heterocycles. The first-order valence-electron chi connectivity index (χ1n) is 21.4. The molecule has 1 heteroatoms. The summed E-state index contributed by atoms with van der Waals surface area (Å²) < 4.78 is 0. The van der Waals surface area contributed by atoms with Gasteiger partial charge in [-0.1, -0.05) is 147 Å². The summed E-state index contributed by atoms with van der Waals surface area (Å²) in [6.07, 6.45) is 1.03. The van der Waals surface area contributed by atoms with Crippen molar-refractivity contribution in [2.45, 2.75) is 86.5 Å². The second-order valence-corrected chi connectivity index (χ2v) is 20.3. The lowest BCUT2D eigenvalue weighted by Gasteiger charge is -2.29. The molecule has 0 heterocycles. The van der Waals surface area contributed by atoms with Gasteiger partial charge in [-0.25, -0.2) is 0 Å². The number of para-hydroxylation sites is 1.